The van der Waals surface area contributed by atoms with Gasteiger partial charge in [0, 0.05) is 0 Å². The van der Waals surface area contributed by atoms with E-state index in [0.29, 0.717) is 37.0 Å². The summed E-state index contributed by atoms with van der Waals surface area (Å²) in [4.78, 5) is 22.4. The van der Waals surface area contributed by atoms with Gasteiger partial charge < -0.3 is 9.84 Å². The molecule has 0 unspecified atom stereocenters. The van der Waals surface area contributed by atoms with Crippen LogP contribution in [0.2, 0.25) is 0 Å². The van der Waals surface area contributed by atoms with Gasteiger partial charge in [-0.3, -0.25) is 4.79 Å². The highest BCUT2D eigenvalue weighted by Crippen LogP contribution is 2.60. The first-order valence-corrected chi connectivity index (χ1v) is 6.65. The second-order valence-electron chi connectivity index (χ2n) is 6.41. The maximum absolute atomic E-state index is 13.0. The van der Waals surface area contributed by atoms with Gasteiger partial charge in [0.1, 0.15) is 0 Å². The zero-order chi connectivity index (χ0) is 13.8. The third-order valence-electron chi connectivity index (χ3n) is 4.94. The van der Waals surface area contributed by atoms with E-state index in [4.69, 9.17) is 5.11 Å². The van der Waals surface area contributed by atoms with Crippen molar-refractivity contribution in [3.8, 4) is 0 Å². The topological polar surface area (TPSA) is 63.6 Å². The summed E-state index contributed by atoms with van der Waals surface area (Å²) < 4.78 is 30.1. The van der Waals surface area contributed by atoms with Gasteiger partial charge in [-0.2, -0.15) is 8.78 Å². The lowest BCUT2D eigenvalue weighted by molar-refractivity contribution is -0.251. The molecule has 0 atom stereocenters. The van der Waals surface area contributed by atoms with Crippen molar-refractivity contribution in [2.45, 2.75) is 44.6 Å². The van der Waals surface area contributed by atoms with Gasteiger partial charge >= 0.3 is 18.0 Å². The number of rotatable bonds is 3. The Morgan fingerprint density at radius 2 is 1.47 bits per heavy atom. The van der Waals surface area contributed by atoms with Gasteiger partial charge in [0.25, 0.3) is 0 Å². The molecule has 106 valence electrons. The molecule has 6 heteroatoms. The van der Waals surface area contributed by atoms with Gasteiger partial charge in [-0.25, -0.2) is 4.79 Å². The quantitative estimate of drug-likeness (QED) is 0.803. The minimum Gasteiger partial charge on any atom is -0.474 e. The summed E-state index contributed by atoms with van der Waals surface area (Å²) in [5.74, 6) is -2.18. The molecule has 0 spiro atoms. The molecule has 4 aliphatic rings. The van der Waals surface area contributed by atoms with Crippen molar-refractivity contribution in [2.24, 2.45) is 23.2 Å². The standard InChI is InChI=1S/C13H16F2O4/c14-13(15,10(16)17)19-11(18)12-4-7-1-8(5-12)3-9(2-7)6-12/h7-9H,1-6H2,(H,16,17). The number of halogens is 2. The van der Waals surface area contributed by atoms with E-state index in [1.54, 1.807) is 0 Å². The highest BCUT2D eigenvalue weighted by atomic mass is 19.3. The molecule has 19 heavy (non-hydrogen) atoms. The lowest BCUT2D eigenvalue weighted by atomic mass is 9.49. The molecule has 0 radical (unpaired) electrons. The number of hydrogen-bond acceptors (Lipinski definition) is 3. The van der Waals surface area contributed by atoms with Gasteiger partial charge in [0.05, 0.1) is 5.41 Å². The highest BCUT2D eigenvalue weighted by Gasteiger charge is 2.58. The Morgan fingerprint density at radius 3 is 1.84 bits per heavy atom. The largest absolute Gasteiger partial charge is 0.503 e. The second-order valence-corrected chi connectivity index (χ2v) is 6.41. The van der Waals surface area contributed by atoms with Crippen LogP contribution in [0.15, 0.2) is 0 Å². The van der Waals surface area contributed by atoms with Crippen LogP contribution in [0.5, 0.6) is 0 Å². The number of aliphatic carboxylic acids is 1. The average molecular weight is 274 g/mol. The van der Waals surface area contributed by atoms with Crippen molar-refractivity contribution in [2.75, 3.05) is 0 Å². The number of hydrogen-bond donors (Lipinski definition) is 1. The van der Waals surface area contributed by atoms with Crippen LogP contribution in [0.25, 0.3) is 0 Å². The highest BCUT2D eigenvalue weighted by molar-refractivity contribution is 5.82. The third kappa shape index (κ3) is 2.01. The summed E-state index contributed by atoms with van der Waals surface area (Å²) in [6, 6.07) is 0. The van der Waals surface area contributed by atoms with Crippen LogP contribution >= 0.6 is 0 Å². The first-order valence-electron chi connectivity index (χ1n) is 6.65. The van der Waals surface area contributed by atoms with E-state index < -0.39 is 23.5 Å². The molecule has 0 aromatic heterocycles. The lowest BCUT2D eigenvalue weighted by Crippen LogP contribution is -2.52. The number of carboxylic acids is 1. The normalized spacial score (nSPS) is 40.2. The maximum Gasteiger partial charge on any atom is 0.503 e. The Balaban J connectivity index is 1.78. The van der Waals surface area contributed by atoms with Gasteiger partial charge in [-0.15, -0.1) is 0 Å². The van der Waals surface area contributed by atoms with Crippen LogP contribution in [0.1, 0.15) is 38.5 Å². The fourth-order valence-electron chi connectivity index (χ4n) is 4.63. The Bertz CT molecular complexity index is 397. The van der Waals surface area contributed by atoms with E-state index in [1.807, 2.05) is 0 Å². The molecule has 0 aromatic carbocycles. The number of carboxylic acid groups (broad SMARTS) is 1. The van der Waals surface area contributed by atoms with Crippen molar-refractivity contribution in [3.63, 3.8) is 0 Å². The first kappa shape index (κ1) is 12.8. The number of carbonyl (C=O) groups is 2. The molecule has 4 aliphatic carbocycles. The summed E-state index contributed by atoms with van der Waals surface area (Å²) in [6.07, 6.45) is 0.528. The van der Waals surface area contributed by atoms with Gasteiger partial charge in [0.2, 0.25) is 0 Å². The van der Waals surface area contributed by atoms with Crippen LogP contribution in [0.4, 0.5) is 8.78 Å². The minimum atomic E-state index is -4.42. The fraction of sp³-hybridized carbons (Fsp3) is 0.846. The molecule has 4 bridgehead atoms. The predicted molar refractivity (Wildman–Crippen MR) is 59.3 cm³/mol. The van der Waals surface area contributed by atoms with Crippen LogP contribution < -0.4 is 0 Å². The fourth-order valence-corrected chi connectivity index (χ4v) is 4.63. The van der Waals surface area contributed by atoms with Crippen LogP contribution in [-0.4, -0.2) is 23.2 Å². The SMILES string of the molecule is O=C(OC(F)(F)C(=O)O)C12CC3CC(CC(C3)C1)C2. The number of carbonyl (C=O) groups excluding carboxylic acids is 1. The van der Waals surface area contributed by atoms with E-state index >= 15 is 0 Å². The monoisotopic (exact) mass is 274 g/mol. The Labute approximate surface area is 109 Å². The molecular formula is C13H16F2O4. The molecule has 4 saturated carbocycles. The zero-order valence-electron chi connectivity index (χ0n) is 10.4. The molecule has 0 heterocycles. The molecule has 0 aromatic rings. The van der Waals surface area contributed by atoms with Gasteiger partial charge in [-0.05, 0) is 56.3 Å². The molecule has 4 rings (SSSR count). The molecular weight excluding hydrogens is 258 g/mol. The Morgan fingerprint density at radius 1 is 1.05 bits per heavy atom. The number of ether oxygens (including phenoxy) is 1. The Kier molecular flexibility index (Phi) is 2.63. The number of esters is 1. The van der Waals surface area contributed by atoms with Crippen LogP contribution in [0.3, 0.4) is 0 Å². The van der Waals surface area contributed by atoms with E-state index in [2.05, 4.69) is 4.74 Å². The van der Waals surface area contributed by atoms with Crippen molar-refractivity contribution in [1.82, 2.24) is 0 Å². The van der Waals surface area contributed by atoms with Crippen molar-refractivity contribution < 1.29 is 28.2 Å². The minimum absolute atomic E-state index is 0.414. The van der Waals surface area contributed by atoms with Crippen LogP contribution in [0, 0.1) is 23.2 Å². The van der Waals surface area contributed by atoms with Crippen molar-refractivity contribution in [3.05, 3.63) is 0 Å². The number of alkyl halides is 2. The van der Waals surface area contributed by atoms with Crippen LogP contribution in [-0.2, 0) is 14.3 Å². The summed E-state index contributed by atoms with van der Waals surface area (Å²) in [7, 11) is 0. The van der Waals surface area contributed by atoms with E-state index in [1.165, 1.54) is 0 Å². The van der Waals surface area contributed by atoms with E-state index in [9.17, 15) is 18.4 Å². The van der Waals surface area contributed by atoms with Crippen molar-refractivity contribution >= 4 is 11.9 Å². The summed E-state index contributed by atoms with van der Waals surface area (Å²) in [5, 5.41) is 8.34. The smallest absolute Gasteiger partial charge is 0.474 e. The summed E-state index contributed by atoms with van der Waals surface area (Å²) >= 11 is 0. The zero-order valence-corrected chi connectivity index (χ0v) is 10.4. The molecule has 1 N–H and O–H groups in total. The molecule has 4 nitrogen and oxygen atoms in total. The average Bonchev–Trinajstić information content (AvgIpc) is 2.26. The van der Waals surface area contributed by atoms with E-state index in [-0.39, 0.29) is 0 Å². The van der Waals surface area contributed by atoms with Crippen molar-refractivity contribution in [1.29, 1.82) is 0 Å². The van der Waals surface area contributed by atoms with Gasteiger partial charge in [-0.1, -0.05) is 0 Å². The molecule has 0 aliphatic heterocycles. The second kappa shape index (κ2) is 3.90. The predicted octanol–water partition coefficient (Wildman–Crippen LogP) is 2.42. The van der Waals surface area contributed by atoms with Gasteiger partial charge in [0.15, 0.2) is 0 Å². The van der Waals surface area contributed by atoms with E-state index in [0.717, 1.165) is 19.3 Å². The lowest BCUT2D eigenvalue weighted by Gasteiger charge is -2.55. The molecule has 0 amide bonds. The summed E-state index contributed by atoms with van der Waals surface area (Å²) in [6.45, 7) is 0. The molecule has 4 fully saturated rings. The maximum atomic E-state index is 13.0. The Hall–Kier alpha value is -1.20. The first-order chi connectivity index (χ1) is 8.81. The summed E-state index contributed by atoms with van der Waals surface area (Å²) in [5.41, 5.74) is -0.854. The third-order valence-corrected chi connectivity index (χ3v) is 4.94. The molecule has 0 saturated heterocycles.